The van der Waals surface area contributed by atoms with Gasteiger partial charge in [0.15, 0.2) is 5.16 Å². The lowest BCUT2D eigenvalue weighted by Crippen LogP contribution is -1.95. The van der Waals surface area contributed by atoms with Crippen LogP contribution in [0.2, 0.25) is 0 Å². The number of hydrogen-bond acceptors (Lipinski definition) is 4. The molecule has 0 bridgehead atoms. The van der Waals surface area contributed by atoms with Crippen molar-refractivity contribution in [2.75, 3.05) is 6.26 Å². The summed E-state index contributed by atoms with van der Waals surface area (Å²) in [5.74, 6) is 0. The number of aromatic nitrogens is 4. The molecular weight excluding hydrogens is 336 g/mol. The van der Waals surface area contributed by atoms with E-state index < -0.39 is 0 Å². The number of pyridine rings is 1. The maximum atomic E-state index is 4.54. The summed E-state index contributed by atoms with van der Waals surface area (Å²) in [5, 5.41) is 0.767. The van der Waals surface area contributed by atoms with Crippen LogP contribution in [0.1, 0.15) is 12.5 Å². The standard InChI is InChI=1S/C14H13BrN4S/c1-3-9-6-10(15)8-19-12(7-17-13(9)19)11-4-5-16-14(18-11)20-2/h4-8H,3H2,1-2H3. The first kappa shape index (κ1) is 13.6. The van der Waals surface area contributed by atoms with Gasteiger partial charge in [-0.1, -0.05) is 18.7 Å². The minimum Gasteiger partial charge on any atom is -0.297 e. The molecule has 0 aliphatic carbocycles. The number of aryl methyl sites for hydroxylation is 1. The third-order valence-electron chi connectivity index (χ3n) is 3.11. The Morgan fingerprint density at radius 2 is 2.20 bits per heavy atom. The molecule has 0 N–H and O–H groups in total. The Bertz CT molecular complexity index is 769. The Hall–Kier alpha value is -1.40. The molecule has 0 saturated carbocycles. The Balaban J connectivity index is 2.23. The minimum atomic E-state index is 0.767. The van der Waals surface area contributed by atoms with E-state index in [1.54, 1.807) is 6.20 Å². The predicted octanol–water partition coefficient (Wildman–Crippen LogP) is 3.84. The van der Waals surface area contributed by atoms with Gasteiger partial charge in [-0.15, -0.1) is 0 Å². The second-order valence-electron chi connectivity index (χ2n) is 4.30. The highest BCUT2D eigenvalue weighted by atomic mass is 79.9. The van der Waals surface area contributed by atoms with Crippen LogP contribution in [0.4, 0.5) is 0 Å². The van der Waals surface area contributed by atoms with E-state index in [1.165, 1.54) is 17.3 Å². The first-order valence-electron chi connectivity index (χ1n) is 6.25. The van der Waals surface area contributed by atoms with Gasteiger partial charge < -0.3 is 0 Å². The molecule has 0 spiro atoms. The number of thioether (sulfide) groups is 1. The number of halogens is 1. The number of rotatable bonds is 3. The summed E-state index contributed by atoms with van der Waals surface area (Å²) in [5.41, 5.74) is 4.06. The smallest absolute Gasteiger partial charge is 0.187 e. The summed E-state index contributed by atoms with van der Waals surface area (Å²) < 4.78 is 3.12. The molecule has 0 aliphatic rings. The number of nitrogens with zero attached hydrogens (tertiary/aromatic N) is 4. The van der Waals surface area contributed by atoms with Gasteiger partial charge in [0, 0.05) is 16.9 Å². The second kappa shape index (κ2) is 5.54. The summed E-state index contributed by atoms with van der Waals surface area (Å²) in [6.45, 7) is 2.13. The average molecular weight is 349 g/mol. The topological polar surface area (TPSA) is 43.1 Å². The lowest BCUT2D eigenvalue weighted by Gasteiger charge is -2.06. The molecule has 0 aliphatic heterocycles. The molecule has 6 heteroatoms. The molecule has 0 aromatic carbocycles. The van der Waals surface area contributed by atoms with Crippen molar-refractivity contribution >= 4 is 33.3 Å². The Kier molecular flexibility index (Phi) is 3.76. The summed E-state index contributed by atoms with van der Waals surface area (Å²) in [6.07, 6.45) is 8.59. The molecule has 4 nitrogen and oxygen atoms in total. The van der Waals surface area contributed by atoms with E-state index in [4.69, 9.17) is 0 Å². The van der Waals surface area contributed by atoms with Crippen LogP contribution in [0.5, 0.6) is 0 Å². The van der Waals surface area contributed by atoms with Gasteiger partial charge in [0.05, 0.1) is 17.6 Å². The Morgan fingerprint density at radius 3 is 2.95 bits per heavy atom. The van der Waals surface area contributed by atoms with Crippen LogP contribution in [0, 0.1) is 0 Å². The third-order valence-corrected chi connectivity index (χ3v) is 4.10. The Labute approximate surface area is 129 Å². The van der Waals surface area contributed by atoms with Gasteiger partial charge in [0.25, 0.3) is 0 Å². The number of hydrogen-bond donors (Lipinski definition) is 0. The van der Waals surface area contributed by atoms with Crippen LogP contribution in [-0.4, -0.2) is 25.6 Å². The summed E-state index contributed by atoms with van der Waals surface area (Å²) in [4.78, 5) is 13.3. The lowest BCUT2D eigenvalue weighted by molar-refractivity contribution is 0.967. The molecule has 20 heavy (non-hydrogen) atoms. The van der Waals surface area contributed by atoms with Crippen molar-refractivity contribution < 1.29 is 0 Å². The van der Waals surface area contributed by atoms with Gasteiger partial charge in [0.2, 0.25) is 0 Å². The van der Waals surface area contributed by atoms with Crippen LogP contribution in [-0.2, 0) is 6.42 Å². The predicted molar refractivity (Wildman–Crippen MR) is 85.1 cm³/mol. The Morgan fingerprint density at radius 1 is 1.35 bits per heavy atom. The molecule has 0 unspecified atom stereocenters. The third kappa shape index (κ3) is 2.33. The molecule has 3 aromatic heterocycles. The van der Waals surface area contributed by atoms with E-state index in [1.807, 2.05) is 24.7 Å². The van der Waals surface area contributed by atoms with Crippen LogP contribution < -0.4 is 0 Å². The van der Waals surface area contributed by atoms with Gasteiger partial charge >= 0.3 is 0 Å². The van der Waals surface area contributed by atoms with Crippen molar-refractivity contribution in [2.24, 2.45) is 0 Å². The molecule has 0 radical (unpaired) electrons. The molecule has 3 rings (SSSR count). The van der Waals surface area contributed by atoms with Gasteiger partial charge in [-0.3, -0.25) is 4.40 Å². The zero-order valence-electron chi connectivity index (χ0n) is 11.2. The molecular formula is C14H13BrN4S. The van der Waals surface area contributed by atoms with Crippen molar-refractivity contribution in [3.63, 3.8) is 0 Å². The number of imidazole rings is 1. The first-order chi connectivity index (χ1) is 9.72. The van der Waals surface area contributed by atoms with Gasteiger partial charge in [-0.25, -0.2) is 15.0 Å². The summed E-state index contributed by atoms with van der Waals surface area (Å²) in [7, 11) is 0. The van der Waals surface area contributed by atoms with Gasteiger partial charge in [-0.2, -0.15) is 0 Å². The summed E-state index contributed by atoms with van der Waals surface area (Å²) in [6, 6.07) is 4.02. The molecule has 3 aromatic rings. The van der Waals surface area contributed by atoms with Crippen LogP contribution >= 0.6 is 27.7 Å². The van der Waals surface area contributed by atoms with Gasteiger partial charge in [0.1, 0.15) is 5.65 Å². The van der Waals surface area contributed by atoms with Crippen LogP contribution in [0.15, 0.2) is 40.4 Å². The molecule has 0 atom stereocenters. The molecule has 102 valence electrons. The molecule has 0 saturated heterocycles. The van der Waals surface area contributed by atoms with Crippen molar-refractivity contribution in [3.05, 3.63) is 40.8 Å². The molecule has 3 heterocycles. The maximum absolute atomic E-state index is 4.54. The zero-order valence-corrected chi connectivity index (χ0v) is 13.6. The normalized spacial score (nSPS) is 11.2. The van der Waals surface area contributed by atoms with E-state index in [0.717, 1.165) is 33.1 Å². The largest absolute Gasteiger partial charge is 0.297 e. The fourth-order valence-corrected chi connectivity index (χ4v) is 2.99. The fraction of sp³-hybridized carbons (Fsp3) is 0.214. The minimum absolute atomic E-state index is 0.767. The van der Waals surface area contributed by atoms with Crippen LogP contribution in [0.25, 0.3) is 17.0 Å². The van der Waals surface area contributed by atoms with E-state index in [2.05, 4.69) is 48.3 Å². The van der Waals surface area contributed by atoms with Crippen molar-refractivity contribution in [1.82, 2.24) is 19.4 Å². The van der Waals surface area contributed by atoms with E-state index in [9.17, 15) is 0 Å². The van der Waals surface area contributed by atoms with E-state index in [0.29, 0.717) is 0 Å². The highest BCUT2D eigenvalue weighted by Crippen LogP contribution is 2.25. The average Bonchev–Trinajstić information content (AvgIpc) is 2.90. The van der Waals surface area contributed by atoms with Crippen molar-refractivity contribution in [3.8, 4) is 11.4 Å². The second-order valence-corrected chi connectivity index (χ2v) is 5.99. The maximum Gasteiger partial charge on any atom is 0.187 e. The fourth-order valence-electron chi connectivity index (χ4n) is 2.15. The van der Waals surface area contributed by atoms with E-state index in [-0.39, 0.29) is 0 Å². The molecule has 0 amide bonds. The van der Waals surface area contributed by atoms with E-state index >= 15 is 0 Å². The van der Waals surface area contributed by atoms with Crippen molar-refractivity contribution in [1.29, 1.82) is 0 Å². The quantitative estimate of drug-likeness (QED) is 0.532. The van der Waals surface area contributed by atoms with Crippen LogP contribution in [0.3, 0.4) is 0 Å². The zero-order chi connectivity index (χ0) is 14.1. The van der Waals surface area contributed by atoms with Crippen molar-refractivity contribution in [2.45, 2.75) is 18.5 Å². The SMILES string of the molecule is CCc1cc(Br)cn2c(-c3ccnc(SC)n3)cnc12. The highest BCUT2D eigenvalue weighted by Gasteiger charge is 2.11. The monoisotopic (exact) mass is 348 g/mol. The molecule has 0 fully saturated rings. The summed E-state index contributed by atoms with van der Waals surface area (Å²) >= 11 is 5.09. The highest BCUT2D eigenvalue weighted by molar-refractivity contribution is 9.10. The number of fused-ring (bicyclic) bond motifs is 1. The lowest BCUT2D eigenvalue weighted by atomic mass is 10.2. The van der Waals surface area contributed by atoms with Gasteiger partial charge in [-0.05, 0) is 46.3 Å². The first-order valence-corrected chi connectivity index (χ1v) is 8.27.